The molecule has 1 aromatic heterocycles. The van der Waals surface area contributed by atoms with Crippen LogP contribution in [0.15, 0.2) is 40.9 Å². The van der Waals surface area contributed by atoms with Crippen molar-refractivity contribution < 1.29 is 32.4 Å². The lowest BCUT2D eigenvalue weighted by molar-refractivity contribution is -0.141. The largest absolute Gasteiger partial charge is 0.464 e. The van der Waals surface area contributed by atoms with Crippen LogP contribution in [0.3, 0.4) is 0 Å². The number of aryl methyl sites for hydroxylation is 1. The highest BCUT2D eigenvalue weighted by atomic mass is 19.4. The molecule has 0 spiro atoms. The molecule has 0 aliphatic rings. The van der Waals surface area contributed by atoms with Crippen LogP contribution in [0.5, 0.6) is 0 Å². The lowest BCUT2D eigenvalue weighted by Crippen LogP contribution is -2.20. The first kappa shape index (κ1) is 22.8. The van der Waals surface area contributed by atoms with E-state index in [1.807, 2.05) is 13.0 Å². The Hall–Kier alpha value is -3.50. The fraction of sp³-hybridized carbons (Fsp3) is 0.316. The molecule has 0 atom stereocenters. The maximum absolute atomic E-state index is 12.6. The van der Waals surface area contributed by atoms with Crippen LogP contribution in [-0.2, 0) is 32.0 Å². The number of rotatable bonds is 7. The monoisotopic (exact) mass is 424 g/mol. The summed E-state index contributed by atoms with van der Waals surface area (Å²) in [6, 6.07) is 5.19. The second kappa shape index (κ2) is 9.81. The number of carbonyl (C=O) groups excluding carboxylic acids is 1. The lowest BCUT2D eigenvalue weighted by atomic mass is 9.99. The first-order valence-electron chi connectivity index (χ1n) is 8.53. The van der Waals surface area contributed by atoms with E-state index in [0.29, 0.717) is 17.3 Å². The van der Waals surface area contributed by atoms with Crippen molar-refractivity contribution in [2.45, 2.75) is 26.6 Å². The Morgan fingerprint density at radius 2 is 1.87 bits per heavy atom. The van der Waals surface area contributed by atoms with Crippen LogP contribution >= 0.6 is 0 Å². The fourth-order valence-corrected chi connectivity index (χ4v) is 2.40. The van der Waals surface area contributed by atoms with Crippen molar-refractivity contribution in [1.82, 2.24) is 9.97 Å². The van der Waals surface area contributed by atoms with Crippen molar-refractivity contribution in [2.75, 3.05) is 14.2 Å². The summed E-state index contributed by atoms with van der Waals surface area (Å²) < 4.78 is 42.5. The van der Waals surface area contributed by atoms with Crippen molar-refractivity contribution in [3.05, 3.63) is 58.7 Å². The zero-order valence-corrected chi connectivity index (χ0v) is 16.6. The highest BCUT2D eigenvalue weighted by Crippen LogP contribution is 2.26. The lowest BCUT2D eigenvalue weighted by Gasteiger charge is -2.12. The second-order valence-electron chi connectivity index (χ2n) is 5.95. The standard InChI is InChI=1S/C19H19F3N4O4/c1-11-6-5-7-13(17(26-29-4)18(27)28-3)14(11)10-30-25-12(2)15-8-24-16(9-23-15)19(20,21)22/h5-9H,10H2,1-4H3/b25-12+,26-17+. The molecule has 0 amide bonds. The molecule has 0 N–H and O–H groups in total. The number of hydrogen-bond acceptors (Lipinski definition) is 8. The molecule has 0 fully saturated rings. The molecule has 2 rings (SSSR count). The van der Waals surface area contributed by atoms with Crippen molar-refractivity contribution in [3.63, 3.8) is 0 Å². The zero-order chi connectivity index (χ0) is 22.3. The summed E-state index contributed by atoms with van der Waals surface area (Å²) in [4.78, 5) is 29.2. The number of esters is 1. The van der Waals surface area contributed by atoms with Gasteiger partial charge in [-0.05, 0) is 19.4 Å². The van der Waals surface area contributed by atoms with E-state index in [1.165, 1.54) is 21.1 Å². The third-order valence-electron chi connectivity index (χ3n) is 3.95. The van der Waals surface area contributed by atoms with Gasteiger partial charge in [0.05, 0.1) is 19.5 Å². The van der Waals surface area contributed by atoms with Crippen LogP contribution in [0.2, 0.25) is 0 Å². The van der Waals surface area contributed by atoms with Crippen LogP contribution in [-0.4, -0.2) is 41.6 Å². The second-order valence-corrected chi connectivity index (χ2v) is 5.95. The maximum atomic E-state index is 12.6. The molecular formula is C19H19F3N4O4. The molecule has 0 radical (unpaired) electrons. The molecule has 1 aromatic carbocycles. The van der Waals surface area contributed by atoms with Gasteiger partial charge in [0.15, 0.2) is 11.4 Å². The molecule has 0 bridgehead atoms. The maximum Gasteiger partial charge on any atom is 0.434 e. The van der Waals surface area contributed by atoms with Gasteiger partial charge in [0.2, 0.25) is 0 Å². The molecule has 2 aromatic rings. The van der Waals surface area contributed by atoms with Crippen LogP contribution in [0.25, 0.3) is 0 Å². The zero-order valence-electron chi connectivity index (χ0n) is 16.6. The van der Waals surface area contributed by atoms with Crippen molar-refractivity contribution in [3.8, 4) is 0 Å². The topological polar surface area (TPSA) is 95.3 Å². The third-order valence-corrected chi connectivity index (χ3v) is 3.95. The van der Waals surface area contributed by atoms with Crippen molar-refractivity contribution in [2.24, 2.45) is 10.3 Å². The van der Waals surface area contributed by atoms with E-state index in [1.54, 1.807) is 12.1 Å². The number of nitrogens with zero attached hydrogens (tertiary/aromatic N) is 4. The summed E-state index contributed by atoms with van der Waals surface area (Å²) in [7, 11) is 2.52. The number of carbonyl (C=O) groups is 1. The Labute approximate surface area is 170 Å². The van der Waals surface area contributed by atoms with Gasteiger partial charge in [0.25, 0.3) is 0 Å². The number of alkyl halides is 3. The minimum absolute atomic E-state index is 0.0448. The molecule has 0 aliphatic carbocycles. The SMILES string of the molecule is CO/N=C(/C(=O)OC)c1cccc(C)c1CO/N=C(\C)c1cnc(C(F)(F)F)cn1. The van der Waals surface area contributed by atoms with Gasteiger partial charge in [-0.2, -0.15) is 13.2 Å². The molecule has 0 saturated carbocycles. The van der Waals surface area contributed by atoms with Gasteiger partial charge in [-0.3, -0.25) is 4.98 Å². The molecule has 0 unspecified atom stereocenters. The van der Waals surface area contributed by atoms with E-state index >= 15 is 0 Å². The summed E-state index contributed by atoms with van der Waals surface area (Å²) in [5.41, 5.74) is 1.05. The van der Waals surface area contributed by atoms with Crippen molar-refractivity contribution in [1.29, 1.82) is 0 Å². The number of halogens is 3. The smallest absolute Gasteiger partial charge is 0.434 e. The van der Waals surface area contributed by atoms with Gasteiger partial charge < -0.3 is 14.4 Å². The normalized spacial score (nSPS) is 12.5. The summed E-state index contributed by atoms with van der Waals surface area (Å²) >= 11 is 0. The quantitative estimate of drug-likeness (QED) is 0.385. The number of oxime groups is 2. The average molecular weight is 424 g/mol. The van der Waals surface area contributed by atoms with E-state index in [0.717, 1.165) is 11.8 Å². The minimum atomic E-state index is -4.57. The molecule has 0 saturated heterocycles. The van der Waals surface area contributed by atoms with E-state index in [2.05, 4.69) is 20.3 Å². The summed E-state index contributed by atoms with van der Waals surface area (Å²) in [5.74, 6) is -0.691. The molecule has 1 heterocycles. The van der Waals surface area contributed by atoms with E-state index in [4.69, 9.17) is 14.4 Å². The molecule has 11 heteroatoms. The van der Waals surface area contributed by atoms with Crippen LogP contribution in [0.1, 0.15) is 35.0 Å². The van der Waals surface area contributed by atoms with Crippen molar-refractivity contribution >= 4 is 17.4 Å². The van der Waals surface area contributed by atoms with Gasteiger partial charge >= 0.3 is 12.1 Å². The number of benzene rings is 1. The molecule has 30 heavy (non-hydrogen) atoms. The summed E-state index contributed by atoms with van der Waals surface area (Å²) in [5, 5.41) is 7.61. The summed E-state index contributed by atoms with van der Waals surface area (Å²) in [6.07, 6.45) is -2.99. The third kappa shape index (κ3) is 5.52. The van der Waals surface area contributed by atoms with Gasteiger partial charge in [-0.25, -0.2) is 9.78 Å². The Balaban J connectivity index is 2.23. The van der Waals surface area contributed by atoms with Gasteiger partial charge in [0, 0.05) is 11.1 Å². The molecular weight excluding hydrogens is 405 g/mol. The molecule has 0 aliphatic heterocycles. The fourth-order valence-electron chi connectivity index (χ4n) is 2.40. The van der Waals surface area contributed by atoms with Gasteiger partial charge in [-0.15, -0.1) is 0 Å². The highest BCUT2D eigenvalue weighted by molar-refractivity contribution is 6.43. The Bertz CT molecular complexity index is 957. The highest BCUT2D eigenvalue weighted by Gasteiger charge is 2.32. The van der Waals surface area contributed by atoms with Crippen LogP contribution in [0.4, 0.5) is 13.2 Å². The van der Waals surface area contributed by atoms with E-state index in [9.17, 15) is 18.0 Å². The number of hydrogen-bond donors (Lipinski definition) is 0. The van der Waals surface area contributed by atoms with Crippen LogP contribution in [0, 0.1) is 6.92 Å². The number of methoxy groups -OCH3 is 1. The predicted octanol–water partition coefficient (Wildman–Crippen LogP) is 3.27. The summed E-state index contributed by atoms with van der Waals surface area (Å²) in [6.45, 7) is 3.28. The molecule has 8 nitrogen and oxygen atoms in total. The van der Waals surface area contributed by atoms with Crippen LogP contribution < -0.4 is 0 Å². The van der Waals surface area contributed by atoms with E-state index in [-0.39, 0.29) is 23.7 Å². The van der Waals surface area contributed by atoms with E-state index < -0.39 is 17.8 Å². The number of ether oxygens (including phenoxy) is 1. The minimum Gasteiger partial charge on any atom is -0.464 e. The average Bonchev–Trinajstić information content (AvgIpc) is 2.72. The molecule has 160 valence electrons. The predicted molar refractivity (Wildman–Crippen MR) is 101 cm³/mol. The van der Waals surface area contributed by atoms with Gasteiger partial charge in [0.1, 0.15) is 25.1 Å². The first-order chi connectivity index (χ1) is 14.2. The Kier molecular flexibility index (Phi) is 7.45. The Morgan fingerprint density at radius 3 is 2.43 bits per heavy atom. The number of aromatic nitrogens is 2. The van der Waals surface area contributed by atoms with Gasteiger partial charge in [-0.1, -0.05) is 28.5 Å². The Morgan fingerprint density at radius 1 is 1.13 bits per heavy atom. The first-order valence-corrected chi connectivity index (χ1v) is 8.53.